The molecule has 1 unspecified atom stereocenters. The number of aromatic nitrogens is 1. The molecule has 2 heterocycles. The topological polar surface area (TPSA) is 239 Å². The van der Waals surface area contributed by atoms with E-state index in [4.69, 9.17) is 4.84 Å². The van der Waals surface area contributed by atoms with E-state index in [2.05, 4.69) is 0 Å². The largest absolute Gasteiger partial charge is 0.488 e. The summed E-state index contributed by atoms with van der Waals surface area (Å²) in [6.45, 7) is 0.803. The van der Waals surface area contributed by atoms with Gasteiger partial charge in [-0.25, -0.2) is 4.79 Å². The Kier molecular flexibility index (Phi) is 20.4. The first-order valence-corrected chi connectivity index (χ1v) is 20.2. The molecule has 21 heteroatoms. The molecule has 19 nitrogen and oxygen atoms in total. The molecule has 0 bridgehead atoms. The maximum Gasteiger partial charge on any atom is 0.488 e. The van der Waals surface area contributed by atoms with Crippen molar-refractivity contribution in [1.29, 1.82) is 0 Å². The van der Waals surface area contributed by atoms with Gasteiger partial charge in [0.05, 0.1) is 44.7 Å². The Balaban J connectivity index is 0.00000871. The van der Waals surface area contributed by atoms with Gasteiger partial charge in [-0.05, 0) is 28.7 Å². The number of amides is 1. The minimum atomic E-state index is -1.74. The van der Waals surface area contributed by atoms with Crippen molar-refractivity contribution < 1.29 is 113 Å². The summed E-state index contributed by atoms with van der Waals surface area (Å²) >= 11 is 0. The van der Waals surface area contributed by atoms with Crippen molar-refractivity contribution in [3.63, 3.8) is 0 Å². The van der Waals surface area contributed by atoms with Gasteiger partial charge in [-0.15, -0.1) is 0 Å². The van der Waals surface area contributed by atoms with Crippen molar-refractivity contribution in [2.45, 2.75) is 19.1 Å². The second-order valence-corrected chi connectivity index (χ2v) is 15.4. The number of likely N-dealkylation sites (N-methyl/N-ethyl adjacent to an activating group) is 1. The molecule has 339 valence electrons. The molecule has 1 amide bonds. The molecule has 0 spiro atoms. The number of carbonyl (C=O) groups excluding carboxylic acids is 1. The molecule has 0 aliphatic carbocycles. The van der Waals surface area contributed by atoms with E-state index >= 15 is 0 Å². The van der Waals surface area contributed by atoms with E-state index < -0.39 is 37.0 Å². The van der Waals surface area contributed by atoms with E-state index in [-0.39, 0.29) is 159 Å². The Morgan fingerprint density at radius 3 is 1.71 bits per heavy atom. The molecule has 5 rings (SSSR count). The SMILES string of the molecule is CON(Cc1ccccc1B(O)O)CC(c1ccc2c(c1)c1ccccc1c[n+]2CC(=O)O)N(C)C(=O)CN1CCN(CC(=O)O)CCN(CC(=O)O)CCN(CC(=O)O)CC1.[Eu]. The fourth-order valence-corrected chi connectivity index (χ4v) is 7.83. The molecular weight excluding hydrogens is 957 g/mol. The van der Waals surface area contributed by atoms with Crippen LogP contribution in [0.1, 0.15) is 17.2 Å². The number of hydroxylamine groups is 2. The van der Waals surface area contributed by atoms with Gasteiger partial charge in [0.25, 0.3) is 0 Å². The number of carbonyl (C=O) groups is 5. The van der Waals surface area contributed by atoms with Crippen LogP contribution in [-0.4, -0.2) is 196 Å². The minimum absolute atomic E-state index is 0. The van der Waals surface area contributed by atoms with Crippen molar-refractivity contribution in [3.05, 3.63) is 84.1 Å². The zero-order valence-corrected chi connectivity index (χ0v) is 37.8. The third-order valence-corrected chi connectivity index (χ3v) is 11.1. The summed E-state index contributed by atoms with van der Waals surface area (Å²) in [5.74, 6) is -4.50. The Morgan fingerprint density at radius 2 is 1.21 bits per heavy atom. The van der Waals surface area contributed by atoms with Crippen LogP contribution in [0.15, 0.2) is 72.9 Å². The molecule has 3 aromatic carbocycles. The second kappa shape index (κ2) is 24.9. The smallest absolute Gasteiger partial charge is 0.480 e. The summed E-state index contributed by atoms with van der Waals surface area (Å²) in [5.41, 5.74) is 2.23. The third kappa shape index (κ3) is 15.3. The second-order valence-electron chi connectivity index (χ2n) is 15.4. The van der Waals surface area contributed by atoms with Crippen LogP contribution in [0.3, 0.4) is 0 Å². The fraction of sp³-hybridized carbons (Fsp3) is 0.429. The average molecular weight is 1010 g/mol. The zero-order chi connectivity index (χ0) is 44.9. The summed E-state index contributed by atoms with van der Waals surface area (Å²) < 4.78 is 1.66. The van der Waals surface area contributed by atoms with Crippen molar-refractivity contribution >= 4 is 64.0 Å². The normalized spacial score (nSPS) is 15.6. The van der Waals surface area contributed by atoms with E-state index in [1.807, 2.05) is 47.4 Å². The van der Waals surface area contributed by atoms with E-state index in [0.29, 0.717) is 16.6 Å². The van der Waals surface area contributed by atoms with Gasteiger partial charge in [-0.2, -0.15) is 9.63 Å². The van der Waals surface area contributed by atoms with Crippen LogP contribution in [-0.2, 0) is 41.9 Å². The first kappa shape index (κ1) is 51.6. The molecule has 1 aromatic heterocycles. The monoisotopic (exact) mass is 1010 g/mol. The molecule has 1 aliphatic rings. The van der Waals surface area contributed by atoms with Crippen molar-refractivity contribution in [2.24, 2.45) is 0 Å². The Labute approximate surface area is 406 Å². The fourth-order valence-electron chi connectivity index (χ4n) is 7.83. The van der Waals surface area contributed by atoms with Crippen LogP contribution < -0.4 is 10.0 Å². The molecule has 1 atom stereocenters. The van der Waals surface area contributed by atoms with E-state index in [9.17, 15) is 54.4 Å². The van der Waals surface area contributed by atoms with Crippen LogP contribution in [0.5, 0.6) is 0 Å². The van der Waals surface area contributed by atoms with Crippen molar-refractivity contribution in [2.75, 3.05) is 99.2 Å². The quantitative estimate of drug-likeness (QED) is 0.0306. The van der Waals surface area contributed by atoms with Gasteiger partial charge < -0.3 is 40.2 Å². The number of benzene rings is 3. The van der Waals surface area contributed by atoms with Gasteiger partial charge in [-0.1, -0.05) is 48.5 Å². The number of nitrogens with zero attached hydrogens (tertiary/aromatic N) is 7. The molecule has 1 aliphatic heterocycles. The van der Waals surface area contributed by atoms with Gasteiger partial charge >= 0.3 is 31.0 Å². The van der Waals surface area contributed by atoms with Crippen LogP contribution in [0, 0.1) is 49.4 Å². The minimum Gasteiger partial charge on any atom is -0.480 e. The predicted molar refractivity (Wildman–Crippen MR) is 227 cm³/mol. The summed E-state index contributed by atoms with van der Waals surface area (Å²) in [7, 11) is 1.39. The number of hydrogen-bond donors (Lipinski definition) is 6. The number of carboxylic acid groups (broad SMARTS) is 4. The molecule has 63 heavy (non-hydrogen) atoms. The Bertz CT molecular complexity index is 2190. The number of hydrogen-bond acceptors (Lipinski definition) is 13. The number of carboxylic acids is 4. The first-order valence-electron chi connectivity index (χ1n) is 20.2. The van der Waals surface area contributed by atoms with E-state index in [1.165, 1.54) is 7.11 Å². The number of fused-ring (bicyclic) bond motifs is 3. The molecule has 6 N–H and O–H groups in total. The standard InChI is InChI=1S/C42H54BN7O12.Eu/c1-44(38(51)25-45-13-15-46(26-39(52)53)17-19-48(28-41(56)57)20-18-47(16-14-45)27-40(54)55)37(24-50(62-2)23-32-8-4-6-10-35(32)43(60)61)30-11-12-36-34(21-30)33-9-5-3-7-31(33)22-49(36)29-42(58)59;/h3-12,21-22,37,60-61H,13-20,23-29H2,1-2H3,(H3-,52,53,54,55,56,57,58,59);/p+1. The number of pyridine rings is 1. The van der Waals surface area contributed by atoms with Gasteiger partial charge in [0, 0.05) is 139 Å². The first-order chi connectivity index (χ1) is 29.6. The number of aliphatic carboxylic acids is 4. The molecule has 0 saturated carbocycles. The number of rotatable bonds is 18. The van der Waals surface area contributed by atoms with Crippen LogP contribution >= 0.6 is 0 Å². The molecule has 1 saturated heterocycles. The summed E-state index contributed by atoms with van der Waals surface area (Å²) in [5, 5.41) is 62.9. The Hall–Kier alpha value is -3.99. The predicted octanol–water partition coefficient (Wildman–Crippen LogP) is -0.917. The zero-order valence-electron chi connectivity index (χ0n) is 35.3. The van der Waals surface area contributed by atoms with E-state index in [1.54, 1.807) is 66.7 Å². The van der Waals surface area contributed by atoms with Gasteiger partial charge in [0.1, 0.15) is 0 Å². The maximum atomic E-state index is 14.6. The van der Waals surface area contributed by atoms with Crippen LogP contribution in [0.4, 0.5) is 0 Å². The van der Waals surface area contributed by atoms with Crippen LogP contribution in [0.25, 0.3) is 21.7 Å². The Morgan fingerprint density at radius 1 is 0.698 bits per heavy atom. The third-order valence-electron chi connectivity index (χ3n) is 11.1. The molecule has 1 fully saturated rings. The summed E-state index contributed by atoms with van der Waals surface area (Å²) in [6, 6.07) is 19.3. The molecule has 4 aromatic rings. The van der Waals surface area contributed by atoms with Gasteiger partial charge in [-0.3, -0.25) is 38.8 Å². The van der Waals surface area contributed by atoms with Gasteiger partial charge in [0.15, 0.2) is 6.20 Å². The van der Waals surface area contributed by atoms with Crippen molar-refractivity contribution in [1.82, 2.24) is 29.6 Å². The average Bonchev–Trinajstić information content (AvgIpc) is 3.22. The molecular formula is C42H55BEuN7O12+. The summed E-state index contributed by atoms with van der Waals surface area (Å²) in [6.07, 6.45) is 1.79. The maximum absolute atomic E-state index is 14.6. The molecule has 1 radical (unpaired) electrons. The van der Waals surface area contributed by atoms with Gasteiger partial charge in [0.2, 0.25) is 18.0 Å². The summed E-state index contributed by atoms with van der Waals surface area (Å²) in [4.78, 5) is 76.1. The van der Waals surface area contributed by atoms with Crippen LogP contribution in [0.2, 0.25) is 0 Å². The van der Waals surface area contributed by atoms with Crippen molar-refractivity contribution in [3.8, 4) is 0 Å². The van der Waals surface area contributed by atoms with E-state index in [0.717, 1.165) is 16.2 Å².